The van der Waals surface area contributed by atoms with Crippen molar-refractivity contribution >= 4 is 34.8 Å². The number of nitrogens with one attached hydrogen (secondary N) is 1. The Hall–Kier alpha value is -3.08. The average Bonchev–Trinajstić information content (AvgIpc) is 3.10. The highest BCUT2D eigenvalue weighted by atomic mass is 32.2. The Morgan fingerprint density at radius 2 is 2.11 bits per heavy atom. The van der Waals surface area contributed by atoms with Gasteiger partial charge in [0.1, 0.15) is 23.7 Å². The highest BCUT2D eigenvalue weighted by molar-refractivity contribution is 8.00. The van der Waals surface area contributed by atoms with Crippen molar-refractivity contribution in [2.45, 2.75) is 18.5 Å². The van der Waals surface area contributed by atoms with Crippen LogP contribution in [0.5, 0.6) is 0 Å². The van der Waals surface area contributed by atoms with Crippen LogP contribution in [-0.4, -0.2) is 55.7 Å². The van der Waals surface area contributed by atoms with Gasteiger partial charge in [-0.3, -0.25) is 9.59 Å². The van der Waals surface area contributed by atoms with Crippen LogP contribution in [0, 0.1) is 5.82 Å². The highest BCUT2D eigenvalue weighted by Gasteiger charge is 2.15. The number of carbonyl (C=O) groups excluding carboxylic acids is 2. The fourth-order valence-corrected chi connectivity index (χ4v) is 3.10. The second kappa shape index (κ2) is 9.22. The lowest BCUT2D eigenvalue weighted by atomic mass is 10.2. The van der Waals surface area contributed by atoms with Crippen molar-refractivity contribution in [3.8, 4) is 0 Å². The molecule has 0 saturated carbocycles. The SMILES string of the molecule is CCOC(=O)CNC(=O)CSc1ncnc2c1nnn2Cc1ccccc1F. The normalized spacial score (nSPS) is 10.8. The van der Waals surface area contributed by atoms with Crippen molar-refractivity contribution in [2.75, 3.05) is 18.9 Å². The lowest BCUT2D eigenvalue weighted by Crippen LogP contribution is -2.31. The third kappa shape index (κ3) is 4.80. The van der Waals surface area contributed by atoms with Gasteiger partial charge in [0.2, 0.25) is 5.91 Å². The number of esters is 1. The van der Waals surface area contributed by atoms with E-state index in [1.807, 2.05) is 0 Å². The highest BCUT2D eigenvalue weighted by Crippen LogP contribution is 2.22. The molecule has 3 rings (SSSR count). The number of aromatic nitrogens is 5. The van der Waals surface area contributed by atoms with Gasteiger partial charge in [-0.05, 0) is 13.0 Å². The van der Waals surface area contributed by atoms with Gasteiger partial charge in [-0.15, -0.1) is 5.10 Å². The Kier molecular flexibility index (Phi) is 6.48. The Balaban J connectivity index is 1.67. The Morgan fingerprint density at radius 3 is 2.89 bits per heavy atom. The molecule has 11 heteroatoms. The van der Waals surface area contributed by atoms with E-state index in [0.717, 1.165) is 11.8 Å². The molecule has 0 spiro atoms. The first-order chi connectivity index (χ1) is 13.6. The summed E-state index contributed by atoms with van der Waals surface area (Å²) in [5.74, 6) is -1.15. The quantitative estimate of drug-likeness (QED) is 0.338. The summed E-state index contributed by atoms with van der Waals surface area (Å²) in [6.45, 7) is 1.93. The number of nitrogens with zero attached hydrogens (tertiary/aromatic N) is 5. The van der Waals surface area contributed by atoms with E-state index in [1.54, 1.807) is 25.1 Å². The van der Waals surface area contributed by atoms with Crippen LogP contribution in [0.25, 0.3) is 11.2 Å². The molecule has 0 bridgehead atoms. The van der Waals surface area contributed by atoms with Gasteiger partial charge in [0.25, 0.3) is 0 Å². The Bertz CT molecular complexity index is 996. The van der Waals surface area contributed by atoms with E-state index in [9.17, 15) is 14.0 Å². The molecular weight excluding hydrogens is 387 g/mol. The fourth-order valence-electron chi connectivity index (χ4n) is 2.34. The van der Waals surface area contributed by atoms with Crippen molar-refractivity contribution in [1.29, 1.82) is 0 Å². The minimum Gasteiger partial charge on any atom is -0.465 e. The standard InChI is InChI=1S/C17H17FN6O3S/c1-2-27-14(26)7-19-13(25)9-28-17-15-16(20-10-21-17)24(23-22-15)8-11-5-3-4-6-12(11)18/h3-6,10H,2,7-9H2,1H3,(H,19,25). The molecule has 0 aliphatic heterocycles. The summed E-state index contributed by atoms with van der Waals surface area (Å²) in [6, 6.07) is 6.39. The first kappa shape index (κ1) is 19.7. The van der Waals surface area contributed by atoms with Gasteiger partial charge >= 0.3 is 5.97 Å². The zero-order valence-electron chi connectivity index (χ0n) is 15.0. The van der Waals surface area contributed by atoms with Crippen LogP contribution in [-0.2, 0) is 20.9 Å². The van der Waals surface area contributed by atoms with Crippen LogP contribution in [0.1, 0.15) is 12.5 Å². The number of carbonyl (C=O) groups is 2. The molecule has 0 radical (unpaired) electrons. The molecular formula is C17H17FN6O3S. The summed E-state index contributed by atoms with van der Waals surface area (Å²) >= 11 is 1.14. The third-order valence-electron chi connectivity index (χ3n) is 3.62. The number of thioether (sulfide) groups is 1. The van der Waals surface area contributed by atoms with Gasteiger partial charge in [-0.1, -0.05) is 35.2 Å². The van der Waals surface area contributed by atoms with Gasteiger partial charge in [-0.2, -0.15) is 0 Å². The molecule has 0 aliphatic rings. The molecule has 1 amide bonds. The number of hydrogen-bond acceptors (Lipinski definition) is 8. The number of hydrogen-bond donors (Lipinski definition) is 1. The van der Waals surface area contributed by atoms with E-state index in [2.05, 4.69) is 25.6 Å². The Morgan fingerprint density at radius 1 is 1.29 bits per heavy atom. The summed E-state index contributed by atoms with van der Waals surface area (Å²) in [5, 5.41) is 11.0. The van der Waals surface area contributed by atoms with Gasteiger partial charge in [-0.25, -0.2) is 19.0 Å². The number of amides is 1. The first-order valence-corrected chi connectivity index (χ1v) is 9.39. The number of ether oxygens (including phenoxy) is 1. The molecule has 9 nitrogen and oxygen atoms in total. The first-order valence-electron chi connectivity index (χ1n) is 8.41. The second-order valence-electron chi connectivity index (χ2n) is 5.56. The summed E-state index contributed by atoms with van der Waals surface area (Å²) in [4.78, 5) is 31.4. The van der Waals surface area contributed by atoms with Crippen molar-refractivity contribution in [3.05, 3.63) is 42.0 Å². The van der Waals surface area contributed by atoms with Crippen LogP contribution in [0.15, 0.2) is 35.6 Å². The van der Waals surface area contributed by atoms with Crippen molar-refractivity contribution in [3.63, 3.8) is 0 Å². The maximum absolute atomic E-state index is 13.9. The summed E-state index contributed by atoms with van der Waals surface area (Å²) < 4.78 is 20.1. The van der Waals surface area contributed by atoms with E-state index in [1.165, 1.54) is 17.1 Å². The van der Waals surface area contributed by atoms with Gasteiger partial charge in [0, 0.05) is 5.56 Å². The number of halogens is 1. The minimum atomic E-state index is -0.499. The van der Waals surface area contributed by atoms with E-state index < -0.39 is 5.97 Å². The van der Waals surface area contributed by atoms with Gasteiger partial charge in [0.05, 0.1) is 18.9 Å². The zero-order chi connectivity index (χ0) is 19.9. The summed E-state index contributed by atoms with van der Waals surface area (Å²) in [5.41, 5.74) is 1.31. The van der Waals surface area contributed by atoms with E-state index in [-0.39, 0.29) is 37.2 Å². The molecule has 3 aromatic rings. The van der Waals surface area contributed by atoms with E-state index >= 15 is 0 Å². The fraction of sp³-hybridized carbons (Fsp3) is 0.294. The lowest BCUT2D eigenvalue weighted by molar-refractivity contribution is -0.143. The second-order valence-corrected chi connectivity index (χ2v) is 6.52. The molecule has 28 heavy (non-hydrogen) atoms. The predicted octanol–water partition coefficient (Wildman–Crippen LogP) is 1.18. The van der Waals surface area contributed by atoms with Crippen molar-refractivity contribution in [2.24, 2.45) is 0 Å². The lowest BCUT2D eigenvalue weighted by Gasteiger charge is -2.05. The minimum absolute atomic E-state index is 0.0334. The van der Waals surface area contributed by atoms with Crippen molar-refractivity contribution in [1.82, 2.24) is 30.3 Å². The molecule has 0 unspecified atom stereocenters. The monoisotopic (exact) mass is 404 g/mol. The molecule has 2 heterocycles. The average molecular weight is 404 g/mol. The third-order valence-corrected chi connectivity index (χ3v) is 4.60. The molecule has 2 aromatic heterocycles. The maximum atomic E-state index is 13.9. The molecule has 0 atom stereocenters. The summed E-state index contributed by atoms with van der Waals surface area (Å²) in [6.07, 6.45) is 1.34. The van der Waals surface area contributed by atoms with E-state index in [0.29, 0.717) is 21.8 Å². The zero-order valence-corrected chi connectivity index (χ0v) is 15.8. The van der Waals surface area contributed by atoms with E-state index in [4.69, 9.17) is 4.74 Å². The molecule has 1 aromatic carbocycles. The molecule has 0 aliphatic carbocycles. The number of benzene rings is 1. The van der Waals surface area contributed by atoms with Crippen LogP contribution in [0.3, 0.4) is 0 Å². The van der Waals surface area contributed by atoms with Gasteiger partial charge in [0.15, 0.2) is 11.2 Å². The topological polar surface area (TPSA) is 112 Å². The van der Waals surface area contributed by atoms with Gasteiger partial charge < -0.3 is 10.1 Å². The smallest absolute Gasteiger partial charge is 0.325 e. The largest absolute Gasteiger partial charge is 0.465 e. The summed E-state index contributed by atoms with van der Waals surface area (Å²) in [7, 11) is 0. The van der Waals surface area contributed by atoms with Crippen LogP contribution in [0.2, 0.25) is 0 Å². The predicted molar refractivity (Wildman–Crippen MR) is 99.0 cm³/mol. The van der Waals surface area contributed by atoms with Crippen LogP contribution in [0.4, 0.5) is 4.39 Å². The molecule has 0 saturated heterocycles. The molecule has 1 N–H and O–H groups in total. The van der Waals surface area contributed by atoms with Crippen LogP contribution < -0.4 is 5.32 Å². The molecule has 146 valence electrons. The Labute approximate surface area is 163 Å². The van der Waals surface area contributed by atoms with Crippen LogP contribution >= 0.6 is 11.8 Å². The molecule has 0 fully saturated rings. The van der Waals surface area contributed by atoms with Crippen molar-refractivity contribution < 1.29 is 18.7 Å². The number of fused-ring (bicyclic) bond motifs is 1. The maximum Gasteiger partial charge on any atom is 0.325 e. The number of rotatable bonds is 8.